The highest BCUT2D eigenvalue weighted by molar-refractivity contribution is 6.16. The smallest absolute Gasteiger partial charge is 0.0647 e. The Bertz CT molecular complexity index is 154. The first-order valence-corrected chi connectivity index (χ1v) is 2.93. The van der Waals surface area contributed by atoms with Crippen molar-refractivity contribution < 1.29 is 24.0 Å². The molecule has 1 heterocycles. The van der Waals surface area contributed by atoms with Gasteiger partial charge in [0.15, 0.2) is 0 Å². The van der Waals surface area contributed by atoms with Crippen molar-refractivity contribution in [2.45, 2.75) is 5.88 Å². The fourth-order valence-electron chi connectivity index (χ4n) is 0.477. The third-order valence-electron chi connectivity index (χ3n) is 0.863. The Balaban J connectivity index is 0.000000640. The largest absolute Gasteiger partial charge is 1.00 e. The van der Waals surface area contributed by atoms with Gasteiger partial charge >= 0.3 is 0 Å². The highest BCUT2D eigenvalue weighted by Crippen LogP contribution is 1.95. The molecule has 0 aliphatic rings. The summed E-state index contributed by atoms with van der Waals surface area (Å²) in [4.78, 5) is 3.97. The summed E-state index contributed by atoms with van der Waals surface area (Å²) in [6.45, 7) is 0. The van der Waals surface area contributed by atoms with Gasteiger partial charge < -0.3 is 24.0 Å². The fraction of sp³-hybridized carbons (Fsp3) is 0.167. The summed E-state index contributed by atoms with van der Waals surface area (Å²) in [5.41, 5.74) is 0.925. The molecule has 0 aliphatic heterocycles. The molecule has 0 fully saturated rings. The highest BCUT2D eigenvalue weighted by atomic mass is 127. The van der Waals surface area contributed by atoms with Gasteiger partial charge in [-0.2, -0.15) is 0 Å². The Morgan fingerprint density at radius 3 is 2.56 bits per heavy atom. The average molecular weight is 254 g/mol. The Kier molecular flexibility index (Phi) is 5.09. The maximum Gasteiger partial charge on any atom is 0.0647 e. The van der Waals surface area contributed by atoms with Crippen LogP contribution in [0.1, 0.15) is 5.69 Å². The second kappa shape index (κ2) is 4.99. The minimum absolute atomic E-state index is 0. The molecule has 0 radical (unpaired) electrons. The first-order chi connectivity index (χ1) is 3.93. The lowest BCUT2D eigenvalue weighted by Crippen LogP contribution is -3.00. The van der Waals surface area contributed by atoms with Crippen LogP contribution in [0.15, 0.2) is 24.4 Å². The van der Waals surface area contributed by atoms with Crippen molar-refractivity contribution >= 4 is 11.6 Å². The minimum atomic E-state index is 0. The van der Waals surface area contributed by atoms with Crippen molar-refractivity contribution in [3.05, 3.63) is 30.1 Å². The predicted octanol–water partition coefficient (Wildman–Crippen LogP) is -1.18. The lowest BCUT2D eigenvalue weighted by atomic mass is 10.4. The van der Waals surface area contributed by atoms with E-state index in [0.29, 0.717) is 5.88 Å². The quantitative estimate of drug-likeness (QED) is 0.454. The van der Waals surface area contributed by atoms with Gasteiger partial charge in [-0.05, 0) is 12.1 Å². The maximum absolute atomic E-state index is 5.46. The summed E-state index contributed by atoms with van der Waals surface area (Å²) in [6.07, 6.45) is 1.73. The summed E-state index contributed by atoms with van der Waals surface area (Å²) in [5, 5.41) is 0. The van der Waals surface area contributed by atoms with Gasteiger partial charge in [0.1, 0.15) is 0 Å². The summed E-state index contributed by atoms with van der Waals surface area (Å²) in [5.74, 6) is 0.501. The van der Waals surface area contributed by atoms with Gasteiger partial charge in [-0.25, -0.2) is 0 Å². The average Bonchev–Trinajstić information content (AvgIpc) is 1.90. The number of alkyl halides is 1. The van der Waals surface area contributed by atoms with E-state index in [1.807, 2.05) is 18.2 Å². The van der Waals surface area contributed by atoms with Gasteiger partial charge in [-0.3, -0.25) is 4.98 Å². The Morgan fingerprint density at radius 2 is 2.22 bits per heavy atom. The van der Waals surface area contributed by atoms with Gasteiger partial charge in [-0.15, -0.1) is 11.6 Å². The molecule has 0 spiro atoms. The maximum atomic E-state index is 5.46. The van der Waals surface area contributed by atoms with Crippen molar-refractivity contribution in [3.8, 4) is 0 Å². The summed E-state index contributed by atoms with van der Waals surface area (Å²) in [7, 11) is 0. The van der Waals surface area contributed by atoms with Gasteiger partial charge in [0.2, 0.25) is 0 Å². The van der Waals surface area contributed by atoms with E-state index in [-0.39, 0.29) is 24.0 Å². The Labute approximate surface area is 76.5 Å². The number of rotatable bonds is 1. The van der Waals surface area contributed by atoms with E-state index < -0.39 is 0 Å². The van der Waals surface area contributed by atoms with E-state index in [1.165, 1.54) is 0 Å². The van der Waals surface area contributed by atoms with Gasteiger partial charge in [0.05, 0.1) is 11.6 Å². The standard InChI is InChI=1S/C6H6ClN.HI/c7-5-6-3-1-2-4-8-6;/h1-4H,5H2;1H/p-1. The van der Waals surface area contributed by atoms with Crippen molar-refractivity contribution in [3.63, 3.8) is 0 Å². The zero-order chi connectivity index (χ0) is 5.82. The topological polar surface area (TPSA) is 12.9 Å². The van der Waals surface area contributed by atoms with Crippen LogP contribution < -0.4 is 24.0 Å². The van der Waals surface area contributed by atoms with Crippen molar-refractivity contribution in [1.82, 2.24) is 4.98 Å². The second-order valence-electron chi connectivity index (χ2n) is 1.45. The molecule has 0 unspecified atom stereocenters. The molecule has 1 aromatic rings. The van der Waals surface area contributed by atoms with Crippen LogP contribution in [0.25, 0.3) is 0 Å². The molecule has 0 saturated heterocycles. The monoisotopic (exact) mass is 254 g/mol. The normalized spacial score (nSPS) is 8.11. The molecule has 0 amide bonds. The predicted molar refractivity (Wildman–Crippen MR) is 33.8 cm³/mol. The van der Waals surface area contributed by atoms with E-state index >= 15 is 0 Å². The highest BCUT2D eigenvalue weighted by Gasteiger charge is 1.83. The molecular weight excluding hydrogens is 248 g/mol. The van der Waals surface area contributed by atoms with Crippen molar-refractivity contribution in [2.75, 3.05) is 0 Å². The van der Waals surface area contributed by atoms with Gasteiger partial charge in [0.25, 0.3) is 0 Å². The van der Waals surface area contributed by atoms with Crippen molar-refractivity contribution in [2.24, 2.45) is 0 Å². The summed E-state index contributed by atoms with van der Waals surface area (Å²) >= 11 is 5.46. The van der Waals surface area contributed by atoms with E-state index in [0.717, 1.165) is 5.69 Å². The molecular formula is C6H6ClIN-. The van der Waals surface area contributed by atoms with Gasteiger partial charge in [-0.1, -0.05) is 6.07 Å². The lowest BCUT2D eigenvalue weighted by Gasteiger charge is -1.87. The molecule has 1 aromatic heterocycles. The second-order valence-corrected chi connectivity index (χ2v) is 1.72. The van der Waals surface area contributed by atoms with E-state index in [1.54, 1.807) is 6.20 Å². The van der Waals surface area contributed by atoms with Crippen molar-refractivity contribution in [1.29, 1.82) is 0 Å². The number of pyridine rings is 1. The number of nitrogens with zero attached hydrogens (tertiary/aromatic N) is 1. The van der Waals surface area contributed by atoms with Crippen LogP contribution in [0.3, 0.4) is 0 Å². The lowest BCUT2D eigenvalue weighted by molar-refractivity contribution is -0.00000167. The molecule has 1 rings (SSSR count). The third-order valence-corrected chi connectivity index (χ3v) is 1.14. The molecule has 1 nitrogen and oxygen atoms in total. The Hall–Kier alpha value is 0.170. The molecule has 0 bridgehead atoms. The van der Waals surface area contributed by atoms with Crippen LogP contribution >= 0.6 is 11.6 Å². The van der Waals surface area contributed by atoms with Crippen LogP contribution in [-0.2, 0) is 5.88 Å². The number of aromatic nitrogens is 1. The SMILES string of the molecule is ClCc1ccccn1.[I-]. The van der Waals surface area contributed by atoms with E-state index in [4.69, 9.17) is 11.6 Å². The van der Waals surface area contributed by atoms with E-state index in [2.05, 4.69) is 4.98 Å². The number of hydrogen-bond donors (Lipinski definition) is 0. The zero-order valence-electron chi connectivity index (χ0n) is 4.72. The molecule has 0 aromatic carbocycles. The molecule has 0 atom stereocenters. The molecule has 0 N–H and O–H groups in total. The zero-order valence-corrected chi connectivity index (χ0v) is 7.63. The molecule has 9 heavy (non-hydrogen) atoms. The molecule has 3 heteroatoms. The molecule has 0 aliphatic carbocycles. The minimum Gasteiger partial charge on any atom is -1.00 e. The first-order valence-electron chi connectivity index (χ1n) is 2.39. The van der Waals surface area contributed by atoms with Crippen LogP contribution in [0.5, 0.6) is 0 Å². The summed E-state index contributed by atoms with van der Waals surface area (Å²) in [6, 6.07) is 5.69. The van der Waals surface area contributed by atoms with Gasteiger partial charge in [0, 0.05) is 6.20 Å². The molecule has 0 saturated carbocycles. The fourth-order valence-corrected chi connectivity index (χ4v) is 0.635. The number of halogens is 2. The number of hydrogen-bond acceptors (Lipinski definition) is 1. The van der Waals surface area contributed by atoms with E-state index in [9.17, 15) is 0 Å². The van der Waals surface area contributed by atoms with Crippen LogP contribution in [0.4, 0.5) is 0 Å². The summed E-state index contributed by atoms with van der Waals surface area (Å²) < 4.78 is 0. The molecule has 50 valence electrons. The van der Waals surface area contributed by atoms with Crippen LogP contribution in [0.2, 0.25) is 0 Å². The van der Waals surface area contributed by atoms with Crippen LogP contribution in [0, 0.1) is 0 Å². The first kappa shape index (κ1) is 9.17. The third kappa shape index (κ3) is 3.01. The Morgan fingerprint density at radius 1 is 1.44 bits per heavy atom. The van der Waals surface area contributed by atoms with Crippen LogP contribution in [-0.4, -0.2) is 4.98 Å².